The number of aryl methyl sites for hydroxylation is 4. The minimum Gasteiger partial charge on any atom is -0.547 e. The van der Waals surface area contributed by atoms with E-state index in [9.17, 15) is 0 Å². The van der Waals surface area contributed by atoms with Crippen LogP contribution in [0.2, 0.25) is 10.6 Å². The molecule has 0 N–H and O–H groups in total. The minimum atomic E-state index is -0.820. The average Bonchev–Trinajstić information content (AvgIpc) is 2.93. The molecule has 1 aliphatic rings. The van der Waals surface area contributed by atoms with Gasteiger partial charge in [-0.25, -0.2) is 0 Å². The number of hydrogen-bond donors (Lipinski definition) is 0. The normalized spacial score (nSPS) is 26.8. The van der Waals surface area contributed by atoms with Crippen LogP contribution in [0.4, 0.5) is 0 Å². The summed E-state index contributed by atoms with van der Waals surface area (Å²) < 4.78 is 7.69. The molecule has 0 spiro atoms. The van der Waals surface area contributed by atoms with Crippen LogP contribution < -0.4 is 20.6 Å². The Balaban J connectivity index is 2.21. The average molecular weight is 392 g/mol. The molecular formula is C18H34B2N4S2. The molecule has 0 unspecified atom stereocenters. The van der Waals surface area contributed by atoms with Crippen molar-refractivity contribution in [3.05, 3.63) is 24.8 Å². The highest BCUT2D eigenvalue weighted by Crippen LogP contribution is 2.71. The Hall–Kier alpha value is -0.750. The van der Waals surface area contributed by atoms with Gasteiger partial charge in [-0.05, 0) is 0 Å². The predicted octanol–water partition coefficient (Wildman–Crippen LogP) is 2.09. The lowest BCUT2D eigenvalue weighted by atomic mass is 9.46. The lowest BCUT2D eigenvalue weighted by Crippen LogP contribution is -2.80. The summed E-state index contributed by atoms with van der Waals surface area (Å²) in [7, 11) is 8.77. The van der Waals surface area contributed by atoms with Gasteiger partial charge in [-0.15, -0.1) is 10.6 Å². The summed E-state index contributed by atoms with van der Waals surface area (Å²) in [6, 6.07) is 0. The van der Waals surface area contributed by atoms with Crippen LogP contribution in [-0.4, -0.2) is 18.5 Å². The molecule has 1 fully saturated rings. The molecule has 0 aromatic carbocycles. The largest absolute Gasteiger partial charge is 0.547 e. The van der Waals surface area contributed by atoms with E-state index < -0.39 is 9.41 Å². The summed E-state index contributed by atoms with van der Waals surface area (Å²) in [4.78, 5) is 0. The fourth-order valence-corrected chi connectivity index (χ4v) is 10.9. The zero-order valence-corrected chi connectivity index (χ0v) is 19.7. The van der Waals surface area contributed by atoms with Crippen LogP contribution in [0.5, 0.6) is 0 Å². The third kappa shape index (κ3) is 2.55. The quantitative estimate of drug-likeness (QED) is 0.576. The summed E-state index contributed by atoms with van der Waals surface area (Å²) in [5.41, 5.74) is 2.90. The summed E-state index contributed by atoms with van der Waals surface area (Å²) >= 11 is 4.52. The number of aromatic nitrogens is 4. The zero-order valence-electron chi connectivity index (χ0n) is 18.1. The summed E-state index contributed by atoms with van der Waals surface area (Å²) in [5, 5.41) is 0.388. The van der Waals surface area contributed by atoms with Crippen LogP contribution in [0.25, 0.3) is 0 Å². The maximum Gasteiger partial charge on any atom is 0.163 e. The molecule has 1 saturated heterocycles. The first-order valence-corrected chi connectivity index (χ1v) is 11.4. The molecule has 3 rings (SSSR count). The molecule has 0 bridgehead atoms. The lowest BCUT2D eigenvalue weighted by molar-refractivity contribution is -0.653. The van der Waals surface area contributed by atoms with Crippen molar-refractivity contribution < 1.29 is 9.13 Å². The highest BCUT2D eigenvalue weighted by molar-refractivity contribution is 8.99. The second-order valence-corrected chi connectivity index (χ2v) is 14.2. The van der Waals surface area contributed by atoms with Crippen LogP contribution in [-0.2, 0) is 28.2 Å². The fraction of sp³-hybridized carbons (Fsp3) is 0.667. The van der Waals surface area contributed by atoms with E-state index in [2.05, 4.69) is 136 Å². The maximum atomic E-state index is 2.41. The van der Waals surface area contributed by atoms with Gasteiger partial charge in [-0.2, -0.15) is 0 Å². The smallest absolute Gasteiger partial charge is 0.163 e. The Morgan fingerprint density at radius 2 is 1.04 bits per heavy atom. The van der Waals surface area contributed by atoms with Crippen molar-refractivity contribution in [3.63, 3.8) is 0 Å². The van der Waals surface area contributed by atoms with Crippen molar-refractivity contribution >= 4 is 43.8 Å². The second-order valence-electron chi connectivity index (χ2n) is 10.2. The highest BCUT2D eigenvalue weighted by Gasteiger charge is 2.61. The zero-order chi connectivity index (χ0) is 19.7. The summed E-state index contributed by atoms with van der Waals surface area (Å²) in [6.45, 7) is 14.5. The predicted molar refractivity (Wildman–Crippen MR) is 119 cm³/mol. The van der Waals surface area contributed by atoms with E-state index in [1.54, 1.807) is 0 Å². The molecule has 0 amide bonds. The van der Waals surface area contributed by atoms with Gasteiger partial charge < -0.3 is 22.9 Å². The van der Waals surface area contributed by atoms with Gasteiger partial charge >= 0.3 is 0 Å². The third-order valence-electron chi connectivity index (χ3n) is 6.20. The fourth-order valence-electron chi connectivity index (χ4n) is 4.66. The van der Waals surface area contributed by atoms with E-state index in [1.165, 1.54) is 11.4 Å². The molecule has 4 nitrogen and oxygen atoms in total. The molecule has 0 aliphatic carbocycles. The molecule has 8 heteroatoms. The molecule has 2 aromatic heterocycles. The molecule has 26 heavy (non-hydrogen) atoms. The van der Waals surface area contributed by atoms with Crippen LogP contribution in [0.1, 0.15) is 41.5 Å². The molecule has 144 valence electrons. The minimum absolute atomic E-state index is 0.194. The van der Waals surface area contributed by atoms with Gasteiger partial charge in [0.05, 0.1) is 39.6 Å². The van der Waals surface area contributed by atoms with Gasteiger partial charge in [0.2, 0.25) is 0 Å². The summed E-state index contributed by atoms with van der Waals surface area (Å²) in [6.07, 6.45) is 8.77. The van der Waals surface area contributed by atoms with Crippen molar-refractivity contribution in [1.82, 2.24) is 9.13 Å². The van der Waals surface area contributed by atoms with Crippen LogP contribution >= 0.6 is 22.9 Å². The van der Waals surface area contributed by atoms with E-state index in [0.717, 1.165) is 0 Å². The Morgan fingerprint density at radius 3 is 1.23 bits per heavy atom. The second kappa shape index (κ2) is 5.87. The van der Waals surface area contributed by atoms with Crippen molar-refractivity contribution in [2.75, 3.05) is 0 Å². The molecule has 0 radical (unpaired) electrons. The number of imidazole rings is 2. The summed E-state index contributed by atoms with van der Waals surface area (Å²) in [5.74, 6) is 0. The van der Waals surface area contributed by atoms with Gasteiger partial charge in [0.15, 0.2) is 9.41 Å². The van der Waals surface area contributed by atoms with E-state index in [4.69, 9.17) is 0 Å². The highest BCUT2D eigenvalue weighted by atomic mass is 32.3. The molecule has 0 atom stereocenters. The Morgan fingerprint density at radius 1 is 0.731 bits per heavy atom. The lowest BCUT2D eigenvalue weighted by Gasteiger charge is -2.76. The topological polar surface area (TPSA) is 17.6 Å². The monoisotopic (exact) mass is 392 g/mol. The van der Waals surface area contributed by atoms with Gasteiger partial charge in [0, 0.05) is 0 Å². The van der Waals surface area contributed by atoms with Gasteiger partial charge in [-0.1, -0.05) is 41.5 Å². The number of hydrogen-bond acceptors (Lipinski definition) is 2. The Labute approximate surface area is 167 Å². The van der Waals surface area contributed by atoms with Crippen LogP contribution in [0.15, 0.2) is 24.8 Å². The number of rotatable bonds is 2. The maximum absolute atomic E-state index is 2.41. The van der Waals surface area contributed by atoms with Crippen molar-refractivity contribution in [3.8, 4) is 0 Å². The molecule has 0 saturated carbocycles. The Kier molecular flexibility index (Phi) is 4.52. The van der Waals surface area contributed by atoms with Crippen LogP contribution in [0.3, 0.4) is 0 Å². The van der Waals surface area contributed by atoms with Crippen molar-refractivity contribution in [2.24, 2.45) is 28.2 Å². The molecule has 3 heterocycles. The van der Waals surface area contributed by atoms with Gasteiger partial charge in [-0.3, -0.25) is 18.3 Å². The first kappa shape index (κ1) is 20.0. The van der Waals surface area contributed by atoms with Crippen molar-refractivity contribution in [1.29, 1.82) is 0 Å². The number of nitrogens with zero attached hydrogens (tertiary/aromatic N) is 4. The van der Waals surface area contributed by atoms with Crippen molar-refractivity contribution in [2.45, 2.75) is 52.2 Å². The molecule has 1 aliphatic heterocycles. The SMILES string of the molecule is Cn1cc[n+](C)c1[B-]1(C(C)(C)C)S[B-](c2n(C)cc[n+]2C)(C(C)(C)C)S1. The van der Waals surface area contributed by atoms with E-state index >= 15 is 0 Å². The standard InChI is InChI=1S/C18H34B2N4S2/c1-17(2,3)19(15-21(7)11-12-22(15)8)25-20(26-19,18(4,5)6)16-23(9)13-14-24(16)10/h11-14H,1-10H3. The van der Waals surface area contributed by atoms with E-state index in [-0.39, 0.29) is 10.6 Å². The Bertz CT molecular complexity index is 729. The van der Waals surface area contributed by atoms with Gasteiger partial charge in [0.1, 0.15) is 24.8 Å². The van der Waals surface area contributed by atoms with Crippen LogP contribution in [0, 0.1) is 0 Å². The molecular weight excluding hydrogens is 358 g/mol. The van der Waals surface area contributed by atoms with Gasteiger partial charge in [0.25, 0.3) is 0 Å². The van der Waals surface area contributed by atoms with E-state index in [0.29, 0.717) is 0 Å². The first-order chi connectivity index (χ1) is 11.8. The molecule has 2 aromatic rings. The van der Waals surface area contributed by atoms with E-state index in [1.807, 2.05) is 0 Å². The third-order valence-corrected chi connectivity index (χ3v) is 12.7. The first-order valence-electron chi connectivity index (χ1n) is 9.48.